The molecular weight excluding hydrogens is 316 g/mol. The number of aromatic nitrogens is 1. The maximum Gasteiger partial charge on any atom is 0.244 e. The molecule has 0 saturated carbocycles. The summed E-state index contributed by atoms with van der Waals surface area (Å²) in [5, 5.41) is 2.81. The lowest BCUT2D eigenvalue weighted by Gasteiger charge is -2.34. The molecule has 6 nitrogen and oxygen atoms in total. The van der Waals surface area contributed by atoms with Crippen LogP contribution in [0.5, 0.6) is 0 Å². The summed E-state index contributed by atoms with van der Waals surface area (Å²) < 4.78 is 0. The summed E-state index contributed by atoms with van der Waals surface area (Å²) in [4.78, 5) is 33.0. The second-order valence-corrected chi connectivity index (χ2v) is 6.05. The number of hydrogen-bond acceptors (Lipinski definition) is 4. The second kappa shape index (κ2) is 7.44. The van der Waals surface area contributed by atoms with E-state index in [-0.39, 0.29) is 24.4 Å². The maximum atomic E-state index is 13.1. The van der Waals surface area contributed by atoms with Gasteiger partial charge in [-0.3, -0.25) is 24.4 Å². The van der Waals surface area contributed by atoms with Crippen LogP contribution in [0.25, 0.3) is 0 Å². The fraction of sp³-hybridized carbons (Fsp3) is 0.316. The van der Waals surface area contributed by atoms with E-state index in [1.807, 2.05) is 56.3 Å². The smallest absolute Gasteiger partial charge is 0.244 e. The zero-order chi connectivity index (χ0) is 17.8. The SMILES string of the molecule is CCN(Cc1ccccn1)[C@@H](C)C(=O)N1CC(=O)Nc2ccccc21. The van der Waals surface area contributed by atoms with Crippen molar-refractivity contribution < 1.29 is 9.59 Å². The van der Waals surface area contributed by atoms with E-state index in [2.05, 4.69) is 15.2 Å². The van der Waals surface area contributed by atoms with Crippen LogP contribution in [0, 0.1) is 0 Å². The number of anilines is 2. The molecule has 2 heterocycles. The first-order valence-corrected chi connectivity index (χ1v) is 8.44. The molecule has 2 aromatic rings. The molecule has 2 amide bonds. The monoisotopic (exact) mass is 338 g/mol. The molecule has 3 rings (SSSR count). The molecule has 25 heavy (non-hydrogen) atoms. The minimum atomic E-state index is -0.356. The summed E-state index contributed by atoms with van der Waals surface area (Å²) in [5.41, 5.74) is 2.33. The predicted molar refractivity (Wildman–Crippen MR) is 97.2 cm³/mol. The summed E-state index contributed by atoms with van der Waals surface area (Å²) in [7, 11) is 0. The summed E-state index contributed by atoms with van der Waals surface area (Å²) in [5.74, 6) is -0.257. The van der Waals surface area contributed by atoms with Gasteiger partial charge in [0.2, 0.25) is 11.8 Å². The molecule has 1 aromatic carbocycles. The van der Waals surface area contributed by atoms with Crippen LogP contribution in [-0.4, -0.2) is 40.8 Å². The van der Waals surface area contributed by atoms with Gasteiger partial charge in [-0.15, -0.1) is 0 Å². The zero-order valence-corrected chi connectivity index (χ0v) is 14.5. The molecule has 1 atom stereocenters. The van der Waals surface area contributed by atoms with E-state index in [4.69, 9.17) is 0 Å². The number of carbonyl (C=O) groups is 2. The zero-order valence-electron chi connectivity index (χ0n) is 14.5. The molecule has 1 N–H and O–H groups in total. The Morgan fingerprint density at radius 2 is 2.04 bits per heavy atom. The Labute approximate surface area is 147 Å². The lowest BCUT2D eigenvalue weighted by Crippen LogP contribution is -2.51. The molecule has 0 bridgehead atoms. The molecular formula is C19H22N4O2. The van der Waals surface area contributed by atoms with E-state index in [0.29, 0.717) is 18.8 Å². The Hall–Kier alpha value is -2.73. The Bertz CT molecular complexity index is 763. The molecule has 0 spiro atoms. The van der Waals surface area contributed by atoms with Crippen LogP contribution in [0.3, 0.4) is 0 Å². The summed E-state index contributed by atoms with van der Waals surface area (Å²) in [6.45, 7) is 5.24. The lowest BCUT2D eigenvalue weighted by atomic mass is 10.1. The van der Waals surface area contributed by atoms with Gasteiger partial charge in [0.15, 0.2) is 0 Å². The number of hydrogen-bond donors (Lipinski definition) is 1. The van der Waals surface area contributed by atoms with Crippen LogP contribution in [0.4, 0.5) is 11.4 Å². The van der Waals surface area contributed by atoms with Crippen LogP contribution < -0.4 is 10.2 Å². The van der Waals surface area contributed by atoms with Crippen LogP contribution in [-0.2, 0) is 16.1 Å². The van der Waals surface area contributed by atoms with E-state index in [0.717, 1.165) is 11.4 Å². The molecule has 0 unspecified atom stereocenters. The molecule has 1 aliphatic rings. The Morgan fingerprint density at radius 3 is 2.76 bits per heavy atom. The third-order valence-electron chi connectivity index (χ3n) is 4.44. The van der Waals surface area contributed by atoms with Gasteiger partial charge in [-0.1, -0.05) is 25.1 Å². The average molecular weight is 338 g/mol. The van der Waals surface area contributed by atoms with Gasteiger partial charge in [-0.05, 0) is 37.7 Å². The van der Waals surface area contributed by atoms with E-state index in [9.17, 15) is 9.59 Å². The molecule has 1 aromatic heterocycles. The number of amides is 2. The fourth-order valence-corrected chi connectivity index (χ4v) is 3.03. The van der Waals surface area contributed by atoms with E-state index >= 15 is 0 Å². The Morgan fingerprint density at radius 1 is 1.28 bits per heavy atom. The van der Waals surface area contributed by atoms with Crippen molar-refractivity contribution in [3.05, 3.63) is 54.4 Å². The van der Waals surface area contributed by atoms with Crippen LogP contribution in [0.15, 0.2) is 48.7 Å². The number of rotatable bonds is 5. The highest BCUT2D eigenvalue weighted by atomic mass is 16.2. The first kappa shape index (κ1) is 17.1. The van der Waals surface area contributed by atoms with Crippen LogP contribution in [0.1, 0.15) is 19.5 Å². The predicted octanol–water partition coefficient (Wildman–Crippen LogP) is 2.28. The van der Waals surface area contributed by atoms with Gasteiger partial charge < -0.3 is 5.32 Å². The van der Waals surface area contributed by atoms with Crippen molar-refractivity contribution in [1.29, 1.82) is 0 Å². The van der Waals surface area contributed by atoms with Gasteiger partial charge in [0.25, 0.3) is 0 Å². The number of carbonyl (C=O) groups excluding carboxylic acids is 2. The van der Waals surface area contributed by atoms with E-state index in [1.165, 1.54) is 0 Å². The van der Waals surface area contributed by atoms with Crippen molar-refractivity contribution in [1.82, 2.24) is 9.88 Å². The number of nitrogens with zero attached hydrogens (tertiary/aromatic N) is 3. The van der Waals surface area contributed by atoms with Crippen molar-refractivity contribution in [2.75, 3.05) is 23.3 Å². The normalized spacial score (nSPS) is 14.8. The fourth-order valence-electron chi connectivity index (χ4n) is 3.03. The molecule has 130 valence electrons. The van der Waals surface area contributed by atoms with Crippen molar-refractivity contribution in [3.63, 3.8) is 0 Å². The van der Waals surface area contributed by atoms with Gasteiger partial charge in [0.1, 0.15) is 6.54 Å². The van der Waals surface area contributed by atoms with Gasteiger partial charge in [0, 0.05) is 12.7 Å². The number of nitrogens with one attached hydrogen (secondary N) is 1. The summed E-state index contributed by atoms with van der Waals surface area (Å²) in [6, 6.07) is 12.8. The summed E-state index contributed by atoms with van der Waals surface area (Å²) >= 11 is 0. The van der Waals surface area contributed by atoms with Gasteiger partial charge >= 0.3 is 0 Å². The van der Waals surface area contributed by atoms with Gasteiger partial charge in [-0.25, -0.2) is 0 Å². The first-order chi connectivity index (χ1) is 12.1. The van der Waals surface area contributed by atoms with Crippen molar-refractivity contribution in [3.8, 4) is 0 Å². The first-order valence-electron chi connectivity index (χ1n) is 8.44. The third-order valence-corrected chi connectivity index (χ3v) is 4.44. The Kier molecular flexibility index (Phi) is 5.09. The van der Waals surface area contributed by atoms with Crippen LogP contribution >= 0.6 is 0 Å². The number of pyridine rings is 1. The molecule has 0 radical (unpaired) electrons. The number of benzene rings is 1. The molecule has 0 fully saturated rings. The minimum Gasteiger partial charge on any atom is -0.323 e. The van der Waals surface area contributed by atoms with Crippen molar-refractivity contribution in [2.24, 2.45) is 0 Å². The largest absolute Gasteiger partial charge is 0.323 e. The number of para-hydroxylation sites is 2. The summed E-state index contributed by atoms with van der Waals surface area (Å²) in [6.07, 6.45) is 1.75. The molecule has 6 heteroatoms. The topological polar surface area (TPSA) is 65.5 Å². The van der Waals surface area contributed by atoms with Crippen LogP contribution in [0.2, 0.25) is 0 Å². The number of fused-ring (bicyclic) bond motifs is 1. The maximum absolute atomic E-state index is 13.1. The quantitative estimate of drug-likeness (QED) is 0.908. The van der Waals surface area contributed by atoms with E-state index < -0.39 is 0 Å². The standard InChI is InChI=1S/C19H22N4O2/c1-3-22(12-15-8-6-7-11-20-15)14(2)19(25)23-13-18(24)21-16-9-4-5-10-17(16)23/h4-11,14H,3,12-13H2,1-2H3,(H,21,24)/t14-/m0/s1. The average Bonchev–Trinajstić information content (AvgIpc) is 2.65. The minimum absolute atomic E-state index is 0.0430. The number of likely N-dealkylation sites (N-methyl/N-ethyl adjacent to an activating group) is 1. The van der Waals surface area contributed by atoms with Crippen molar-refractivity contribution >= 4 is 23.2 Å². The highest BCUT2D eigenvalue weighted by Crippen LogP contribution is 2.29. The Balaban J connectivity index is 1.80. The molecule has 1 aliphatic heterocycles. The highest BCUT2D eigenvalue weighted by molar-refractivity contribution is 6.11. The molecule has 0 saturated heterocycles. The van der Waals surface area contributed by atoms with Gasteiger partial charge in [0.05, 0.1) is 23.1 Å². The highest BCUT2D eigenvalue weighted by Gasteiger charge is 2.31. The van der Waals surface area contributed by atoms with E-state index in [1.54, 1.807) is 11.1 Å². The molecule has 0 aliphatic carbocycles. The van der Waals surface area contributed by atoms with Crippen molar-refractivity contribution in [2.45, 2.75) is 26.4 Å². The second-order valence-electron chi connectivity index (χ2n) is 6.05. The van der Waals surface area contributed by atoms with Gasteiger partial charge in [-0.2, -0.15) is 0 Å². The lowest BCUT2D eigenvalue weighted by molar-refractivity contribution is -0.125. The third kappa shape index (κ3) is 3.69.